The predicted molar refractivity (Wildman–Crippen MR) is 131 cm³/mol. The molecule has 1 aliphatic carbocycles. The van der Waals surface area contributed by atoms with Crippen LogP contribution in [-0.4, -0.2) is 60.7 Å². The third kappa shape index (κ3) is 4.54. The molecule has 5 heteroatoms. The first-order valence-electron chi connectivity index (χ1n) is 13.4. The van der Waals surface area contributed by atoms with Crippen LogP contribution in [0.1, 0.15) is 82.4 Å². The SMILES string of the molecule is C[C@@](C(=O)O[C@H]1C[N+]2(CCC3CCCCC3)CCC1CC2)(c1cccs1)N1CCCCC1. The Balaban J connectivity index is 1.27. The molecule has 1 saturated carbocycles. The zero-order chi connectivity index (χ0) is 22.0. The molecule has 5 fully saturated rings. The average molecular weight is 460 g/mol. The van der Waals surface area contributed by atoms with E-state index in [9.17, 15) is 4.79 Å². The van der Waals surface area contributed by atoms with Gasteiger partial charge in [0.15, 0.2) is 11.6 Å². The van der Waals surface area contributed by atoms with Crippen LogP contribution in [0.2, 0.25) is 0 Å². The number of rotatable bonds is 7. The second-order valence-corrected chi connectivity index (χ2v) is 12.3. The summed E-state index contributed by atoms with van der Waals surface area (Å²) >= 11 is 1.71. The van der Waals surface area contributed by atoms with Gasteiger partial charge in [-0.3, -0.25) is 4.90 Å². The molecule has 5 aliphatic rings. The fourth-order valence-corrected chi connectivity index (χ4v) is 8.04. The van der Waals surface area contributed by atoms with Crippen molar-refractivity contribution in [2.75, 3.05) is 39.3 Å². The van der Waals surface area contributed by atoms with E-state index in [2.05, 4.69) is 29.3 Å². The van der Waals surface area contributed by atoms with Crippen molar-refractivity contribution in [2.45, 2.75) is 89.2 Å². The van der Waals surface area contributed by atoms with Crippen molar-refractivity contribution >= 4 is 17.3 Å². The van der Waals surface area contributed by atoms with Crippen LogP contribution in [0.25, 0.3) is 0 Å². The van der Waals surface area contributed by atoms with E-state index in [-0.39, 0.29) is 12.1 Å². The first-order chi connectivity index (χ1) is 15.6. The van der Waals surface area contributed by atoms with Crippen LogP contribution >= 0.6 is 11.3 Å². The molecule has 5 heterocycles. The maximum atomic E-state index is 13.9. The summed E-state index contributed by atoms with van der Waals surface area (Å²) in [7, 11) is 0. The molecule has 0 unspecified atom stereocenters. The first kappa shape index (κ1) is 22.9. The number of thiophene rings is 1. The van der Waals surface area contributed by atoms with Crippen molar-refractivity contribution in [3.8, 4) is 0 Å². The maximum Gasteiger partial charge on any atom is 0.332 e. The summed E-state index contributed by atoms with van der Waals surface area (Å²) in [5, 5.41) is 2.10. The number of quaternary nitrogens is 1. The maximum absolute atomic E-state index is 13.9. The number of hydrogen-bond donors (Lipinski definition) is 0. The smallest absolute Gasteiger partial charge is 0.332 e. The Hall–Kier alpha value is -0.910. The molecule has 0 radical (unpaired) electrons. The monoisotopic (exact) mass is 459 g/mol. The van der Waals surface area contributed by atoms with Crippen molar-refractivity contribution in [1.29, 1.82) is 0 Å². The van der Waals surface area contributed by atoms with E-state index in [0.717, 1.165) is 30.4 Å². The third-order valence-electron chi connectivity index (χ3n) is 9.42. The van der Waals surface area contributed by atoms with Crippen molar-refractivity contribution in [2.24, 2.45) is 11.8 Å². The Morgan fingerprint density at radius 1 is 1.09 bits per heavy atom. The van der Waals surface area contributed by atoms with Crippen LogP contribution in [0.4, 0.5) is 0 Å². The topological polar surface area (TPSA) is 29.5 Å². The Morgan fingerprint density at radius 2 is 1.81 bits per heavy atom. The van der Waals surface area contributed by atoms with Gasteiger partial charge in [-0.1, -0.05) is 44.6 Å². The van der Waals surface area contributed by atoms with Gasteiger partial charge in [0.1, 0.15) is 6.54 Å². The summed E-state index contributed by atoms with van der Waals surface area (Å²) in [5.41, 5.74) is -0.631. The van der Waals surface area contributed by atoms with Crippen LogP contribution in [-0.2, 0) is 15.1 Å². The van der Waals surface area contributed by atoms with E-state index < -0.39 is 5.54 Å². The van der Waals surface area contributed by atoms with E-state index in [1.54, 1.807) is 11.3 Å². The van der Waals surface area contributed by atoms with E-state index in [1.807, 2.05) is 0 Å². The summed E-state index contributed by atoms with van der Waals surface area (Å²) in [4.78, 5) is 17.4. The van der Waals surface area contributed by atoms with Gasteiger partial charge in [0.2, 0.25) is 0 Å². The molecule has 4 saturated heterocycles. The molecular weight excluding hydrogens is 416 g/mol. The number of hydrogen-bond acceptors (Lipinski definition) is 4. The van der Waals surface area contributed by atoms with E-state index in [1.165, 1.54) is 94.7 Å². The standard InChI is InChI=1S/C27H43N2O2S/c1-27(25-11-8-20-32-25,28-15-6-3-7-16-28)26(30)31-24-21-29(18-13-23(24)14-19-29)17-12-22-9-4-2-5-10-22/h8,11,20,22-24H,2-7,9-10,12-19,21H2,1H3/q+1/t23?,24-,27-,29?/m0/s1. The van der Waals surface area contributed by atoms with Gasteiger partial charge in [-0.15, -0.1) is 11.3 Å². The lowest BCUT2D eigenvalue weighted by Gasteiger charge is -2.53. The molecule has 2 atom stereocenters. The number of carbonyl (C=O) groups excluding carboxylic acids is 1. The van der Waals surface area contributed by atoms with Crippen molar-refractivity contribution in [1.82, 2.24) is 4.90 Å². The second kappa shape index (κ2) is 9.76. The highest BCUT2D eigenvalue weighted by molar-refractivity contribution is 7.10. The fraction of sp³-hybridized carbons (Fsp3) is 0.815. The number of ether oxygens (including phenoxy) is 1. The molecule has 4 aliphatic heterocycles. The van der Waals surface area contributed by atoms with Crippen molar-refractivity contribution < 1.29 is 14.0 Å². The minimum atomic E-state index is -0.631. The zero-order valence-electron chi connectivity index (χ0n) is 20.1. The van der Waals surface area contributed by atoms with Crippen LogP contribution < -0.4 is 0 Å². The largest absolute Gasteiger partial charge is 0.454 e. The van der Waals surface area contributed by atoms with Gasteiger partial charge in [-0.2, -0.15) is 0 Å². The minimum Gasteiger partial charge on any atom is -0.454 e. The molecule has 6 rings (SSSR count). The minimum absolute atomic E-state index is 0.00558. The summed E-state index contributed by atoms with van der Waals surface area (Å²) in [6.45, 7) is 9.10. The molecule has 1 aromatic rings. The summed E-state index contributed by atoms with van der Waals surface area (Å²) in [6.07, 6.45) is 14.8. The van der Waals surface area contributed by atoms with Gasteiger partial charge in [0.25, 0.3) is 0 Å². The van der Waals surface area contributed by atoms with E-state index in [4.69, 9.17) is 4.74 Å². The van der Waals surface area contributed by atoms with Crippen LogP contribution in [0.3, 0.4) is 0 Å². The Kier molecular flexibility index (Phi) is 6.97. The van der Waals surface area contributed by atoms with Gasteiger partial charge < -0.3 is 9.22 Å². The Labute approximate surface area is 198 Å². The molecule has 0 N–H and O–H groups in total. The molecule has 178 valence electrons. The van der Waals surface area contributed by atoms with Gasteiger partial charge in [-0.25, -0.2) is 4.79 Å². The third-order valence-corrected chi connectivity index (χ3v) is 10.5. The molecule has 0 amide bonds. The number of fused-ring (bicyclic) bond motifs is 3. The molecule has 0 spiro atoms. The number of piperidine rings is 4. The predicted octanol–water partition coefficient (Wildman–Crippen LogP) is 5.57. The van der Waals surface area contributed by atoms with E-state index >= 15 is 0 Å². The first-order valence-corrected chi connectivity index (χ1v) is 14.3. The normalized spacial score (nSPS) is 33.7. The lowest BCUT2D eigenvalue weighted by atomic mass is 9.81. The molecule has 2 bridgehead atoms. The van der Waals surface area contributed by atoms with Crippen molar-refractivity contribution in [3.63, 3.8) is 0 Å². The van der Waals surface area contributed by atoms with Gasteiger partial charge >= 0.3 is 5.97 Å². The molecule has 4 nitrogen and oxygen atoms in total. The highest BCUT2D eigenvalue weighted by atomic mass is 32.1. The summed E-state index contributed by atoms with van der Waals surface area (Å²) in [5.74, 6) is 1.52. The Bertz CT molecular complexity index is 746. The van der Waals surface area contributed by atoms with Crippen LogP contribution in [0.15, 0.2) is 17.5 Å². The molecule has 1 aromatic heterocycles. The van der Waals surface area contributed by atoms with Crippen molar-refractivity contribution in [3.05, 3.63) is 22.4 Å². The molecule has 32 heavy (non-hydrogen) atoms. The van der Waals surface area contributed by atoms with E-state index in [0.29, 0.717) is 5.92 Å². The fourth-order valence-electron chi connectivity index (χ4n) is 7.14. The average Bonchev–Trinajstić information content (AvgIpc) is 3.40. The summed E-state index contributed by atoms with van der Waals surface area (Å²) < 4.78 is 7.71. The zero-order valence-corrected chi connectivity index (χ0v) is 20.9. The van der Waals surface area contributed by atoms with Crippen LogP contribution in [0, 0.1) is 11.8 Å². The number of esters is 1. The summed E-state index contributed by atoms with van der Waals surface area (Å²) in [6, 6.07) is 4.21. The van der Waals surface area contributed by atoms with Gasteiger partial charge in [-0.05, 0) is 56.6 Å². The van der Waals surface area contributed by atoms with Crippen LogP contribution in [0.5, 0.6) is 0 Å². The van der Waals surface area contributed by atoms with Gasteiger partial charge in [0.05, 0.1) is 19.6 Å². The van der Waals surface area contributed by atoms with Gasteiger partial charge in [0, 0.05) is 23.6 Å². The second-order valence-electron chi connectivity index (χ2n) is 11.4. The molecular formula is C27H43N2O2S+. The highest BCUT2D eigenvalue weighted by Gasteiger charge is 2.51. The lowest BCUT2D eigenvalue weighted by Crippen LogP contribution is -2.65. The lowest BCUT2D eigenvalue weighted by molar-refractivity contribution is -0.946. The number of nitrogens with zero attached hydrogens (tertiary/aromatic N) is 2. The number of likely N-dealkylation sites (tertiary alicyclic amines) is 1. The quantitative estimate of drug-likeness (QED) is 0.394. The number of carbonyl (C=O) groups is 1. The highest BCUT2D eigenvalue weighted by Crippen LogP contribution is 2.40. The Morgan fingerprint density at radius 3 is 2.50 bits per heavy atom. The molecule has 0 aromatic carbocycles.